The van der Waals surface area contributed by atoms with Gasteiger partial charge in [0.05, 0.1) is 0 Å². The largest absolute Gasteiger partial charge is 0.480 e. The first-order valence-electron chi connectivity index (χ1n) is 10.4. The highest BCUT2D eigenvalue weighted by Gasteiger charge is 2.30. The summed E-state index contributed by atoms with van der Waals surface area (Å²) in [7, 11) is -2.86. The lowest BCUT2D eigenvalue weighted by Crippen LogP contribution is -2.42. The molecule has 2 aromatic rings. The average molecular weight is 445 g/mol. The highest BCUT2D eigenvalue weighted by atomic mass is 32.2. The van der Waals surface area contributed by atoms with Crippen LogP contribution in [0.25, 0.3) is 11.1 Å². The van der Waals surface area contributed by atoms with Gasteiger partial charge in [-0.05, 0) is 35.1 Å². The molecule has 0 bridgehead atoms. The van der Waals surface area contributed by atoms with Crippen LogP contribution in [0.15, 0.2) is 48.5 Å². The number of unbranched alkanes of at least 4 members (excludes halogenated alkanes) is 1. The monoisotopic (exact) mass is 444 g/mol. The molecule has 31 heavy (non-hydrogen) atoms. The van der Waals surface area contributed by atoms with Crippen molar-refractivity contribution in [3.63, 3.8) is 0 Å². The number of carboxylic acids is 1. The Balaban J connectivity index is 1.60. The molecule has 0 heterocycles. The van der Waals surface area contributed by atoms with Crippen LogP contribution in [0.5, 0.6) is 0 Å². The van der Waals surface area contributed by atoms with Crippen LogP contribution in [0.3, 0.4) is 0 Å². The minimum Gasteiger partial charge on any atom is -0.480 e. The zero-order valence-corrected chi connectivity index (χ0v) is 18.3. The lowest BCUT2D eigenvalue weighted by atomic mass is 9.98. The summed E-state index contributed by atoms with van der Waals surface area (Å²) in [6, 6.07) is 14.6. The maximum Gasteiger partial charge on any atom is 0.407 e. The van der Waals surface area contributed by atoms with Gasteiger partial charge in [0.1, 0.15) is 12.6 Å². The number of alkyl carbamates (subject to hydrolysis) is 1. The van der Waals surface area contributed by atoms with Crippen LogP contribution in [-0.4, -0.2) is 45.5 Å². The molecule has 3 N–H and O–H groups in total. The summed E-state index contributed by atoms with van der Waals surface area (Å²) in [4.78, 5) is 23.8. The molecule has 0 aliphatic heterocycles. The van der Waals surface area contributed by atoms with Gasteiger partial charge >= 0.3 is 12.1 Å². The molecule has 1 aliphatic carbocycles. The molecule has 2 aromatic carbocycles. The van der Waals surface area contributed by atoms with Crippen molar-refractivity contribution in [1.29, 1.82) is 4.78 Å². The molecule has 166 valence electrons. The number of benzene rings is 2. The first-order chi connectivity index (χ1) is 14.8. The predicted octanol–water partition coefficient (Wildman–Crippen LogP) is 4.22. The highest BCUT2D eigenvalue weighted by Crippen LogP contribution is 2.44. The van der Waals surface area contributed by atoms with Crippen molar-refractivity contribution in [2.75, 3.05) is 18.1 Å². The maximum atomic E-state index is 12.3. The van der Waals surface area contributed by atoms with Crippen LogP contribution in [-0.2, 0) is 19.3 Å². The third-order valence-electron chi connectivity index (χ3n) is 5.50. The van der Waals surface area contributed by atoms with Crippen LogP contribution in [0.4, 0.5) is 4.79 Å². The van der Waals surface area contributed by atoms with Crippen molar-refractivity contribution in [1.82, 2.24) is 5.32 Å². The van der Waals surface area contributed by atoms with Crippen LogP contribution in [0.1, 0.15) is 43.2 Å². The molecule has 7 nitrogen and oxygen atoms in total. The third-order valence-corrected chi connectivity index (χ3v) is 7.34. The average Bonchev–Trinajstić information content (AvgIpc) is 3.07. The number of nitrogens with one attached hydrogen (secondary N) is 2. The summed E-state index contributed by atoms with van der Waals surface area (Å²) in [5, 5.41) is 11.8. The molecule has 0 aromatic heterocycles. The Morgan fingerprint density at radius 3 is 2.23 bits per heavy atom. The number of carboxylic acid groups (broad SMARTS) is 1. The molecule has 0 fully saturated rings. The summed E-state index contributed by atoms with van der Waals surface area (Å²) in [6.45, 7) is 2.02. The second kappa shape index (κ2) is 9.96. The zero-order valence-electron chi connectivity index (χ0n) is 17.5. The zero-order chi connectivity index (χ0) is 22.4. The van der Waals surface area contributed by atoms with Crippen molar-refractivity contribution in [2.24, 2.45) is 0 Å². The molecule has 8 heteroatoms. The van der Waals surface area contributed by atoms with Crippen LogP contribution in [0, 0.1) is 4.78 Å². The number of carbonyl (C=O) groups excluding carboxylic acids is 1. The van der Waals surface area contributed by atoms with E-state index in [1.807, 2.05) is 55.5 Å². The number of hydrogen-bond acceptors (Lipinski definition) is 5. The molecule has 0 spiro atoms. The fourth-order valence-corrected chi connectivity index (χ4v) is 5.40. The van der Waals surface area contributed by atoms with Crippen LogP contribution < -0.4 is 5.32 Å². The van der Waals surface area contributed by atoms with Crippen molar-refractivity contribution in [3.8, 4) is 11.1 Å². The molecule has 1 aliphatic rings. The van der Waals surface area contributed by atoms with Gasteiger partial charge in [-0.2, -0.15) is 0 Å². The van der Waals surface area contributed by atoms with E-state index in [1.54, 1.807) is 0 Å². The SMILES string of the molecule is CCCC[S@@](=N)(=O)CC[C@H](NC(=O)OCC1c2ccccc2-c2ccccc21)C(=O)O. The van der Waals surface area contributed by atoms with Gasteiger partial charge in [-0.1, -0.05) is 61.9 Å². The van der Waals surface area contributed by atoms with E-state index in [0.717, 1.165) is 28.7 Å². The number of aliphatic carboxylic acids is 1. The van der Waals surface area contributed by atoms with Gasteiger partial charge in [0.25, 0.3) is 0 Å². The van der Waals surface area contributed by atoms with Gasteiger partial charge in [0, 0.05) is 27.2 Å². The number of carbonyl (C=O) groups is 2. The standard InChI is InChI=1S/C23H28N2O5S/c1-2-3-13-31(24,29)14-12-21(22(26)27)25-23(28)30-15-20-18-10-6-4-8-16(18)17-9-5-7-11-19(17)20/h4-11,20-21,24H,2-3,12-15H2,1H3,(H,25,28)(H,26,27)/t21-,31+/m0/s1. The summed E-state index contributed by atoms with van der Waals surface area (Å²) in [6.07, 6.45) is 0.557. The van der Waals surface area contributed by atoms with Crippen LogP contribution in [0.2, 0.25) is 0 Å². The van der Waals surface area contributed by atoms with Crippen molar-refractivity contribution in [2.45, 2.75) is 38.1 Å². The van der Waals surface area contributed by atoms with Gasteiger partial charge in [-0.15, -0.1) is 0 Å². The minimum atomic E-state index is -2.86. The van der Waals surface area contributed by atoms with Gasteiger partial charge in [-0.3, -0.25) is 4.78 Å². The summed E-state index contributed by atoms with van der Waals surface area (Å²) < 4.78 is 25.5. The number of amides is 1. The second-order valence-electron chi connectivity index (χ2n) is 7.72. The molecule has 0 radical (unpaired) electrons. The van der Waals surface area contributed by atoms with E-state index < -0.39 is 27.8 Å². The Hall–Kier alpha value is -2.87. The third kappa shape index (κ3) is 5.64. The molecule has 3 rings (SSSR count). The predicted molar refractivity (Wildman–Crippen MR) is 120 cm³/mol. The number of fused-ring (bicyclic) bond motifs is 3. The Kier molecular flexibility index (Phi) is 7.33. The maximum absolute atomic E-state index is 12.3. The van der Waals surface area contributed by atoms with E-state index in [1.165, 1.54) is 0 Å². The van der Waals surface area contributed by atoms with Crippen molar-refractivity contribution >= 4 is 21.8 Å². The Morgan fingerprint density at radius 1 is 1.10 bits per heavy atom. The van der Waals surface area contributed by atoms with Gasteiger partial charge < -0.3 is 15.2 Å². The lowest BCUT2D eigenvalue weighted by molar-refractivity contribution is -0.139. The summed E-state index contributed by atoms with van der Waals surface area (Å²) >= 11 is 0. The van der Waals surface area contributed by atoms with Crippen LogP contribution >= 0.6 is 0 Å². The second-order valence-corrected chi connectivity index (χ2v) is 10.2. The first kappa shape index (κ1) is 22.8. The number of ether oxygens (including phenoxy) is 1. The fraction of sp³-hybridized carbons (Fsp3) is 0.391. The number of rotatable bonds is 10. The summed E-state index contributed by atoms with van der Waals surface area (Å²) in [5.74, 6) is -1.20. The molecule has 1 amide bonds. The van der Waals surface area contributed by atoms with E-state index in [2.05, 4.69) is 5.32 Å². The van der Waals surface area contributed by atoms with E-state index in [4.69, 9.17) is 9.52 Å². The van der Waals surface area contributed by atoms with E-state index in [-0.39, 0.29) is 30.5 Å². The van der Waals surface area contributed by atoms with Crippen molar-refractivity contribution < 1.29 is 23.6 Å². The molecule has 0 saturated heterocycles. The Bertz CT molecular complexity index is 1010. The first-order valence-corrected chi connectivity index (χ1v) is 12.3. The molecular formula is C23H28N2O5S. The van der Waals surface area contributed by atoms with E-state index >= 15 is 0 Å². The normalized spacial score (nSPS) is 15.4. The fourth-order valence-electron chi connectivity index (χ4n) is 3.83. The Morgan fingerprint density at radius 2 is 1.68 bits per heavy atom. The minimum absolute atomic E-state index is 0.0758. The number of hydrogen-bond donors (Lipinski definition) is 3. The van der Waals surface area contributed by atoms with Gasteiger partial charge in [0.2, 0.25) is 0 Å². The summed E-state index contributed by atoms with van der Waals surface area (Å²) in [5.41, 5.74) is 4.34. The smallest absolute Gasteiger partial charge is 0.407 e. The topological polar surface area (TPSA) is 117 Å². The lowest BCUT2D eigenvalue weighted by Gasteiger charge is -2.18. The van der Waals surface area contributed by atoms with E-state index in [0.29, 0.717) is 6.42 Å². The molecule has 2 atom stereocenters. The van der Waals surface area contributed by atoms with Gasteiger partial charge in [0.15, 0.2) is 0 Å². The molecular weight excluding hydrogens is 416 g/mol. The highest BCUT2D eigenvalue weighted by molar-refractivity contribution is 7.92. The van der Waals surface area contributed by atoms with Crippen molar-refractivity contribution in [3.05, 3.63) is 59.7 Å². The van der Waals surface area contributed by atoms with E-state index in [9.17, 15) is 18.9 Å². The Labute approximate surface area is 182 Å². The molecule has 0 saturated carbocycles. The quantitative estimate of drug-likeness (QED) is 0.507. The van der Waals surface area contributed by atoms with Gasteiger partial charge in [-0.25, -0.2) is 13.8 Å². The molecule has 0 unspecified atom stereocenters.